The van der Waals surface area contributed by atoms with Crippen molar-refractivity contribution in [1.82, 2.24) is 9.88 Å². The summed E-state index contributed by atoms with van der Waals surface area (Å²) in [6.07, 6.45) is 1.75. The van der Waals surface area contributed by atoms with Crippen LogP contribution in [0.15, 0.2) is 47.1 Å². The van der Waals surface area contributed by atoms with Crippen molar-refractivity contribution in [3.05, 3.63) is 58.3 Å². The second-order valence-electron chi connectivity index (χ2n) is 4.85. The Kier molecular flexibility index (Phi) is 5.70. The first-order valence-electron chi connectivity index (χ1n) is 6.81. The minimum Gasteiger partial charge on any atom is -0.455 e. The van der Waals surface area contributed by atoms with Gasteiger partial charge in [-0.2, -0.15) is 0 Å². The molecule has 0 aliphatic rings. The Bertz CT molecular complexity index is 722. The van der Waals surface area contributed by atoms with Crippen molar-refractivity contribution in [1.29, 1.82) is 0 Å². The van der Waals surface area contributed by atoms with E-state index in [9.17, 15) is 14.4 Å². The Labute approximate surface area is 141 Å². The number of nitrogens with one attached hydrogen (secondary N) is 1. The van der Waals surface area contributed by atoms with Gasteiger partial charge in [-0.05, 0) is 29.8 Å². The van der Waals surface area contributed by atoms with Crippen molar-refractivity contribution < 1.29 is 19.1 Å². The SMILES string of the molecule is Cn1cccc1C(=O)NC(=O)COC(=O)Cc1ccc(Br)cc1. The van der Waals surface area contributed by atoms with E-state index in [1.165, 1.54) is 0 Å². The number of esters is 1. The molecule has 120 valence electrons. The predicted molar refractivity (Wildman–Crippen MR) is 86.7 cm³/mol. The number of halogens is 1. The monoisotopic (exact) mass is 378 g/mol. The summed E-state index contributed by atoms with van der Waals surface area (Å²) in [5.74, 6) is -1.74. The Hall–Kier alpha value is -2.41. The smallest absolute Gasteiger partial charge is 0.310 e. The molecule has 0 saturated carbocycles. The quantitative estimate of drug-likeness (QED) is 0.805. The summed E-state index contributed by atoms with van der Waals surface area (Å²) in [7, 11) is 1.69. The van der Waals surface area contributed by atoms with E-state index in [-0.39, 0.29) is 6.42 Å². The minimum atomic E-state index is -0.666. The summed E-state index contributed by atoms with van der Waals surface area (Å²) in [4.78, 5) is 35.1. The molecular formula is C16H15BrN2O4. The maximum atomic E-state index is 11.8. The first-order valence-corrected chi connectivity index (χ1v) is 7.60. The fraction of sp³-hybridized carbons (Fsp3) is 0.188. The van der Waals surface area contributed by atoms with Crippen LogP contribution in [0.2, 0.25) is 0 Å². The van der Waals surface area contributed by atoms with Crippen LogP contribution in [0.3, 0.4) is 0 Å². The molecule has 2 aromatic rings. The highest BCUT2D eigenvalue weighted by Crippen LogP contribution is 2.11. The highest BCUT2D eigenvalue weighted by molar-refractivity contribution is 9.10. The van der Waals surface area contributed by atoms with Crippen LogP contribution in [0.25, 0.3) is 0 Å². The number of ether oxygens (including phenoxy) is 1. The van der Waals surface area contributed by atoms with Crippen LogP contribution in [0, 0.1) is 0 Å². The van der Waals surface area contributed by atoms with Gasteiger partial charge in [0.05, 0.1) is 6.42 Å². The summed E-state index contributed by atoms with van der Waals surface area (Å²) in [5, 5.41) is 2.17. The van der Waals surface area contributed by atoms with Crippen molar-refractivity contribution in [2.45, 2.75) is 6.42 Å². The third-order valence-electron chi connectivity index (χ3n) is 3.06. The number of aryl methyl sites for hydroxylation is 1. The van der Waals surface area contributed by atoms with Gasteiger partial charge in [0.1, 0.15) is 5.69 Å². The highest BCUT2D eigenvalue weighted by Gasteiger charge is 2.14. The fourth-order valence-electron chi connectivity index (χ4n) is 1.89. The van der Waals surface area contributed by atoms with Crippen LogP contribution in [0.4, 0.5) is 0 Å². The zero-order valence-electron chi connectivity index (χ0n) is 12.4. The topological polar surface area (TPSA) is 77.4 Å². The van der Waals surface area contributed by atoms with Gasteiger partial charge < -0.3 is 9.30 Å². The number of hydrogen-bond acceptors (Lipinski definition) is 4. The summed E-state index contributed by atoms with van der Waals surface area (Å²) in [6, 6.07) is 10.5. The average Bonchev–Trinajstić information content (AvgIpc) is 2.94. The molecule has 0 aliphatic heterocycles. The zero-order valence-corrected chi connectivity index (χ0v) is 14.0. The van der Waals surface area contributed by atoms with Gasteiger partial charge in [0, 0.05) is 17.7 Å². The number of aromatic nitrogens is 1. The molecule has 0 fully saturated rings. The number of imide groups is 1. The Morgan fingerprint density at radius 3 is 2.48 bits per heavy atom. The van der Waals surface area contributed by atoms with E-state index < -0.39 is 24.4 Å². The molecule has 1 aromatic heterocycles. The van der Waals surface area contributed by atoms with E-state index in [0.29, 0.717) is 5.69 Å². The van der Waals surface area contributed by atoms with Crippen LogP contribution in [0.5, 0.6) is 0 Å². The molecule has 0 unspecified atom stereocenters. The molecule has 1 N–H and O–H groups in total. The lowest BCUT2D eigenvalue weighted by molar-refractivity contribution is -0.147. The minimum absolute atomic E-state index is 0.0618. The Morgan fingerprint density at radius 2 is 1.87 bits per heavy atom. The summed E-state index contributed by atoms with van der Waals surface area (Å²) in [6.45, 7) is -0.495. The van der Waals surface area contributed by atoms with Crippen molar-refractivity contribution in [2.24, 2.45) is 7.05 Å². The van der Waals surface area contributed by atoms with Crippen LogP contribution < -0.4 is 5.32 Å². The Balaban J connectivity index is 1.77. The standard InChI is InChI=1S/C16H15BrN2O4/c1-19-8-2-3-13(19)16(22)18-14(20)10-23-15(21)9-11-4-6-12(17)7-5-11/h2-8H,9-10H2,1H3,(H,18,20,22). The van der Waals surface area contributed by atoms with Gasteiger partial charge in [-0.1, -0.05) is 28.1 Å². The molecule has 0 bridgehead atoms. The number of hydrogen-bond donors (Lipinski definition) is 1. The second kappa shape index (κ2) is 7.73. The lowest BCUT2D eigenvalue weighted by Crippen LogP contribution is -2.35. The molecule has 2 amide bonds. The van der Waals surface area contributed by atoms with Crippen molar-refractivity contribution in [3.63, 3.8) is 0 Å². The number of rotatable bonds is 5. The maximum Gasteiger partial charge on any atom is 0.310 e. The number of carbonyl (C=O) groups is 3. The van der Waals surface area contributed by atoms with Gasteiger partial charge in [0.2, 0.25) is 0 Å². The predicted octanol–water partition coefficient (Wildman–Crippen LogP) is 1.83. The Morgan fingerprint density at radius 1 is 1.17 bits per heavy atom. The largest absolute Gasteiger partial charge is 0.455 e. The maximum absolute atomic E-state index is 11.8. The molecule has 0 atom stereocenters. The number of carbonyl (C=O) groups excluding carboxylic acids is 3. The van der Waals surface area contributed by atoms with Crippen LogP contribution in [-0.4, -0.2) is 29.0 Å². The molecule has 0 radical (unpaired) electrons. The number of nitrogens with zero attached hydrogens (tertiary/aromatic N) is 1. The van der Waals surface area contributed by atoms with Gasteiger partial charge in [0.25, 0.3) is 11.8 Å². The molecule has 7 heteroatoms. The third-order valence-corrected chi connectivity index (χ3v) is 3.58. The van der Waals surface area contributed by atoms with Crippen LogP contribution >= 0.6 is 15.9 Å². The lowest BCUT2D eigenvalue weighted by Gasteiger charge is -2.06. The van der Waals surface area contributed by atoms with Gasteiger partial charge in [-0.15, -0.1) is 0 Å². The first-order chi connectivity index (χ1) is 11.0. The molecule has 1 heterocycles. The van der Waals surface area contributed by atoms with Crippen LogP contribution in [0.1, 0.15) is 16.1 Å². The molecule has 2 rings (SSSR count). The van der Waals surface area contributed by atoms with E-state index in [1.54, 1.807) is 42.1 Å². The van der Waals surface area contributed by atoms with Gasteiger partial charge >= 0.3 is 5.97 Å². The second-order valence-corrected chi connectivity index (χ2v) is 5.76. The lowest BCUT2D eigenvalue weighted by atomic mass is 10.2. The van der Waals surface area contributed by atoms with Crippen molar-refractivity contribution in [3.8, 4) is 0 Å². The van der Waals surface area contributed by atoms with E-state index in [2.05, 4.69) is 21.2 Å². The summed E-state index contributed by atoms with van der Waals surface area (Å²) < 4.78 is 7.36. The van der Waals surface area contributed by atoms with Gasteiger partial charge in [-0.3, -0.25) is 19.7 Å². The molecule has 0 aliphatic carbocycles. The van der Waals surface area contributed by atoms with E-state index in [1.807, 2.05) is 12.1 Å². The molecule has 0 saturated heterocycles. The molecule has 1 aromatic carbocycles. The van der Waals surface area contributed by atoms with Crippen LogP contribution in [-0.2, 0) is 27.8 Å². The van der Waals surface area contributed by atoms with Crippen molar-refractivity contribution in [2.75, 3.05) is 6.61 Å². The molecule has 23 heavy (non-hydrogen) atoms. The average molecular weight is 379 g/mol. The summed E-state index contributed by atoms with van der Waals surface area (Å²) in [5.41, 5.74) is 1.12. The molecular weight excluding hydrogens is 364 g/mol. The first kappa shape index (κ1) is 17.0. The van der Waals surface area contributed by atoms with E-state index in [4.69, 9.17) is 4.74 Å². The third kappa shape index (κ3) is 5.07. The van der Waals surface area contributed by atoms with Gasteiger partial charge in [-0.25, -0.2) is 0 Å². The molecule has 6 nitrogen and oxygen atoms in total. The normalized spacial score (nSPS) is 10.2. The molecule has 0 spiro atoms. The number of amides is 2. The fourth-order valence-corrected chi connectivity index (χ4v) is 2.15. The highest BCUT2D eigenvalue weighted by atomic mass is 79.9. The summed E-state index contributed by atoms with van der Waals surface area (Å²) >= 11 is 3.30. The van der Waals surface area contributed by atoms with Crippen molar-refractivity contribution >= 4 is 33.7 Å². The van der Waals surface area contributed by atoms with Gasteiger partial charge in [0.15, 0.2) is 6.61 Å². The van der Waals surface area contributed by atoms with E-state index in [0.717, 1.165) is 10.0 Å². The number of benzene rings is 1. The van der Waals surface area contributed by atoms with E-state index >= 15 is 0 Å². The zero-order chi connectivity index (χ0) is 16.8.